The largest absolute Gasteiger partial charge is 0.290 e. The molecule has 3 aromatic rings. The Kier molecular flexibility index (Phi) is 2.99. The molecule has 0 fully saturated rings. The van der Waals surface area contributed by atoms with E-state index in [1.54, 1.807) is 10.9 Å². The number of hydrogen-bond donors (Lipinski definition) is 0. The first-order chi connectivity index (χ1) is 9.08. The summed E-state index contributed by atoms with van der Waals surface area (Å²) < 4.78 is 3.70. The number of alkyl halides is 1. The number of hydrogen-bond acceptors (Lipinski definition) is 2. The van der Waals surface area contributed by atoms with Crippen molar-refractivity contribution in [2.45, 2.75) is 12.3 Å². The van der Waals surface area contributed by atoms with Crippen molar-refractivity contribution in [3.05, 3.63) is 41.4 Å². The molecular weight excluding hydrogens is 283 g/mol. The highest BCUT2D eigenvalue weighted by Gasteiger charge is 2.18. The number of aromatic nitrogens is 4. The zero-order valence-corrected chi connectivity index (χ0v) is 12.0. The summed E-state index contributed by atoms with van der Waals surface area (Å²) in [7, 11) is 1.87. The molecule has 2 aromatic heterocycles. The Morgan fingerprint density at radius 3 is 2.74 bits per heavy atom. The number of para-hydroxylation sites is 1. The van der Waals surface area contributed by atoms with Crippen molar-refractivity contribution >= 4 is 34.2 Å². The Morgan fingerprint density at radius 1 is 1.32 bits per heavy atom. The molecule has 0 saturated carbocycles. The fourth-order valence-electron chi connectivity index (χ4n) is 2.16. The third kappa shape index (κ3) is 2.01. The molecule has 0 aliphatic carbocycles. The first-order valence-electron chi connectivity index (χ1n) is 5.88. The predicted molar refractivity (Wildman–Crippen MR) is 77.1 cm³/mol. The van der Waals surface area contributed by atoms with Gasteiger partial charge in [-0.05, 0) is 19.1 Å². The second-order valence-electron chi connectivity index (χ2n) is 4.40. The zero-order valence-electron chi connectivity index (χ0n) is 10.5. The summed E-state index contributed by atoms with van der Waals surface area (Å²) in [4.78, 5) is 4.57. The Bertz CT molecular complexity index is 742. The molecule has 4 nitrogen and oxygen atoms in total. The van der Waals surface area contributed by atoms with Gasteiger partial charge in [-0.25, -0.2) is 4.98 Å². The van der Waals surface area contributed by atoms with Crippen LogP contribution in [-0.4, -0.2) is 19.3 Å². The predicted octanol–water partition coefficient (Wildman–Crippen LogP) is 3.71. The van der Waals surface area contributed by atoms with E-state index in [4.69, 9.17) is 23.2 Å². The number of nitrogens with zero attached hydrogens (tertiary/aromatic N) is 4. The van der Waals surface area contributed by atoms with Gasteiger partial charge < -0.3 is 0 Å². The van der Waals surface area contributed by atoms with Gasteiger partial charge >= 0.3 is 0 Å². The summed E-state index contributed by atoms with van der Waals surface area (Å²) in [6.45, 7) is 1.89. The highest BCUT2D eigenvalue weighted by Crippen LogP contribution is 2.31. The average molecular weight is 295 g/mol. The fraction of sp³-hybridized carbons (Fsp3) is 0.231. The normalized spacial score (nSPS) is 13.1. The van der Waals surface area contributed by atoms with Crippen molar-refractivity contribution < 1.29 is 0 Å². The fourth-order valence-corrected chi connectivity index (χ4v) is 2.56. The minimum atomic E-state index is -0.219. The maximum absolute atomic E-state index is 6.31. The third-order valence-corrected chi connectivity index (χ3v) is 3.46. The highest BCUT2D eigenvalue weighted by atomic mass is 35.5. The van der Waals surface area contributed by atoms with Crippen LogP contribution in [0, 0.1) is 0 Å². The van der Waals surface area contributed by atoms with Crippen LogP contribution in [0.15, 0.2) is 30.6 Å². The van der Waals surface area contributed by atoms with Crippen LogP contribution in [0.4, 0.5) is 0 Å². The van der Waals surface area contributed by atoms with Gasteiger partial charge in [-0.15, -0.1) is 11.6 Å². The number of fused-ring (bicyclic) bond motifs is 1. The number of rotatable bonds is 2. The highest BCUT2D eigenvalue weighted by molar-refractivity contribution is 6.35. The monoisotopic (exact) mass is 294 g/mol. The molecule has 3 rings (SSSR count). The molecule has 0 saturated heterocycles. The van der Waals surface area contributed by atoms with Crippen LogP contribution in [0.1, 0.15) is 18.1 Å². The van der Waals surface area contributed by atoms with Gasteiger partial charge in [0.2, 0.25) is 0 Å². The van der Waals surface area contributed by atoms with Crippen LogP contribution in [-0.2, 0) is 7.05 Å². The topological polar surface area (TPSA) is 35.6 Å². The van der Waals surface area contributed by atoms with E-state index in [1.165, 1.54) is 0 Å². The molecule has 0 aliphatic heterocycles. The van der Waals surface area contributed by atoms with Gasteiger partial charge in [0.25, 0.3) is 0 Å². The van der Waals surface area contributed by atoms with Gasteiger partial charge in [-0.1, -0.05) is 17.7 Å². The van der Waals surface area contributed by atoms with Crippen molar-refractivity contribution in [1.29, 1.82) is 0 Å². The second kappa shape index (κ2) is 4.54. The number of aryl methyl sites for hydroxylation is 1. The summed E-state index contributed by atoms with van der Waals surface area (Å²) in [5, 5.41) is 4.62. The minimum absolute atomic E-state index is 0.219. The molecular formula is C13H12Cl2N4. The van der Waals surface area contributed by atoms with E-state index in [9.17, 15) is 0 Å². The van der Waals surface area contributed by atoms with E-state index in [2.05, 4.69) is 10.1 Å². The van der Waals surface area contributed by atoms with Crippen LogP contribution in [0.3, 0.4) is 0 Å². The molecule has 0 N–H and O–H groups in total. The number of halogens is 2. The SMILES string of the molecule is CC(Cl)c1nc2cccc(Cl)c2n1-c1cnn(C)c1. The molecule has 19 heavy (non-hydrogen) atoms. The van der Waals surface area contributed by atoms with Crippen molar-refractivity contribution in [3.63, 3.8) is 0 Å². The quantitative estimate of drug-likeness (QED) is 0.676. The molecule has 98 valence electrons. The van der Waals surface area contributed by atoms with Gasteiger partial charge in [0, 0.05) is 13.2 Å². The lowest BCUT2D eigenvalue weighted by Gasteiger charge is -2.08. The van der Waals surface area contributed by atoms with E-state index in [0.717, 1.165) is 22.5 Å². The zero-order chi connectivity index (χ0) is 13.6. The Balaban J connectivity index is 2.39. The van der Waals surface area contributed by atoms with E-state index in [-0.39, 0.29) is 5.38 Å². The summed E-state index contributed by atoms with van der Waals surface area (Å²) in [6, 6.07) is 5.66. The summed E-state index contributed by atoms with van der Waals surface area (Å²) in [5.41, 5.74) is 2.60. The molecule has 1 aromatic carbocycles. The Hall–Kier alpha value is -1.52. The molecule has 1 atom stereocenters. The lowest BCUT2D eigenvalue weighted by atomic mass is 10.3. The number of imidazole rings is 1. The van der Waals surface area contributed by atoms with Crippen LogP contribution in [0.2, 0.25) is 5.02 Å². The number of benzene rings is 1. The van der Waals surface area contributed by atoms with Crippen LogP contribution >= 0.6 is 23.2 Å². The summed E-state index contributed by atoms with van der Waals surface area (Å²) >= 11 is 12.5. The second-order valence-corrected chi connectivity index (χ2v) is 5.46. The summed E-state index contributed by atoms with van der Waals surface area (Å²) in [5.74, 6) is 0.762. The lowest BCUT2D eigenvalue weighted by molar-refractivity contribution is 0.767. The molecule has 0 spiro atoms. The first kappa shape index (κ1) is 12.5. The van der Waals surface area contributed by atoms with Gasteiger partial charge in [-0.2, -0.15) is 5.10 Å². The minimum Gasteiger partial charge on any atom is -0.290 e. The maximum atomic E-state index is 6.31. The first-order valence-corrected chi connectivity index (χ1v) is 6.69. The molecule has 0 bridgehead atoms. The van der Waals surface area contributed by atoms with Gasteiger partial charge in [-0.3, -0.25) is 9.25 Å². The van der Waals surface area contributed by atoms with Gasteiger partial charge in [0.15, 0.2) is 0 Å². The van der Waals surface area contributed by atoms with E-state index in [0.29, 0.717) is 5.02 Å². The molecule has 0 amide bonds. The molecule has 0 aliphatic rings. The van der Waals surface area contributed by atoms with Crippen molar-refractivity contribution in [2.75, 3.05) is 0 Å². The third-order valence-electron chi connectivity index (χ3n) is 2.96. The van der Waals surface area contributed by atoms with Gasteiger partial charge in [0.05, 0.1) is 33.3 Å². The van der Waals surface area contributed by atoms with E-state index < -0.39 is 0 Å². The van der Waals surface area contributed by atoms with Crippen molar-refractivity contribution in [3.8, 4) is 5.69 Å². The van der Waals surface area contributed by atoms with Crippen LogP contribution in [0.25, 0.3) is 16.7 Å². The van der Waals surface area contributed by atoms with E-state index >= 15 is 0 Å². The van der Waals surface area contributed by atoms with Gasteiger partial charge in [0.1, 0.15) is 5.82 Å². The summed E-state index contributed by atoms with van der Waals surface area (Å²) in [6.07, 6.45) is 3.68. The van der Waals surface area contributed by atoms with Crippen molar-refractivity contribution in [2.24, 2.45) is 7.05 Å². The molecule has 6 heteroatoms. The Labute approximate surface area is 120 Å². The van der Waals surface area contributed by atoms with E-state index in [1.807, 2.05) is 42.9 Å². The molecule has 2 heterocycles. The van der Waals surface area contributed by atoms with Crippen LogP contribution < -0.4 is 0 Å². The lowest BCUT2D eigenvalue weighted by Crippen LogP contribution is -2.01. The molecule has 1 unspecified atom stereocenters. The van der Waals surface area contributed by atoms with Crippen LogP contribution in [0.5, 0.6) is 0 Å². The maximum Gasteiger partial charge on any atom is 0.132 e. The Morgan fingerprint density at radius 2 is 2.11 bits per heavy atom. The average Bonchev–Trinajstić information content (AvgIpc) is 2.93. The van der Waals surface area contributed by atoms with Crippen molar-refractivity contribution in [1.82, 2.24) is 19.3 Å². The standard InChI is InChI=1S/C13H12Cl2N4/c1-8(14)13-17-11-5-3-4-10(15)12(11)19(13)9-6-16-18(2)7-9/h3-8H,1-2H3. The molecule has 0 radical (unpaired) electrons. The smallest absolute Gasteiger partial charge is 0.132 e.